The number of nitrogens with zero attached hydrogens (tertiary/aromatic N) is 2. The zero-order valence-electron chi connectivity index (χ0n) is 16.7. The minimum Gasteiger partial charge on any atom is -0.450 e. The molecule has 27 heavy (non-hydrogen) atoms. The number of carbonyl (C=O) groups is 1. The Morgan fingerprint density at radius 3 is 2.59 bits per heavy atom. The fraction of sp³-hybridized carbons (Fsp3) is 0.600. The lowest BCUT2D eigenvalue weighted by atomic mass is 9.84. The van der Waals surface area contributed by atoms with Crippen LogP contribution in [-0.4, -0.2) is 56.3 Å². The summed E-state index contributed by atoms with van der Waals surface area (Å²) in [5.41, 5.74) is 0.298. The number of benzene rings is 1. The largest absolute Gasteiger partial charge is 0.450 e. The molecule has 2 rings (SSSR count). The van der Waals surface area contributed by atoms with Crippen molar-refractivity contribution in [3.05, 3.63) is 35.6 Å². The van der Waals surface area contributed by atoms with Crippen LogP contribution in [0.4, 0.5) is 9.18 Å². The summed E-state index contributed by atoms with van der Waals surface area (Å²) >= 11 is 0. The van der Waals surface area contributed by atoms with Gasteiger partial charge in [0.15, 0.2) is 5.96 Å². The van der Waals surface area contributed by atoms with Crippen LogP contribution in [-0.2, 0) is 10.2 Å². The molecule has 0 atom stereocenters. The highest BCUT2D eigenvalue weighted by Crippen LogP contribution is 2.24. The number of nitrogens with one attached hydrogen (secondary N) is 2. The van der Waals surface area contributed by atoms with E-state index in [9.17, 15) is 9.18 Å². The van der Waals surface area contributed by atoms with Crippen molar-refractivity contribution in [2.75, 3.05) is 33.3 Å². The van der Waals surface area contributed by atoms with E-state index in [0.29, 0.717) is 37.8 Å². The third-order valence-corrected chi connectivity index (χ3v) is 4.89. The van der Waals surface area contributed by atoms with Gasteiger partial charge in [-0.15, -0.1) is 0 Å². The Kier molecular flexibility index (Phi) is 7.45. The minimum absolute atomic E-state index is 0.196. The second kappa shape index (κ2) is 9.58. The van der Waals surface area contributed by atoms with E-state index in [-0.39, 0.29) is 23.4 Å². The van der Waals surface area contributed by atoms with Crippen LogP contribution in [0.2, 0.25) is 0 Å². The number of guanidine groups is 1. The lowest BCUT2D eigenvalue weighted by Gasteiger charge is -2.33. The van der Waals surface area contributed by atoms with E-state index in [1.54, 1.807) is 18.0 Å². The summed E-state index contributed by atoms with van der Waals surface area (Å²) < 4.78 is 19.2. The van der Waals surface area contributed by atoms with Crippen molar-refractivity contribution in [3.63, 3.8) is 0 Å². The molecule has 0 unspecified atom stereocenters. The molecule has 0 radical (unpaired) electrons. The number of likely N-dealkylation sites (tertiary alicyclic amines) is 1. The average molecular weight is 378 g/mol. The zero-order valence-corrected chi connectivity index (χ0v) is 16.7. The van der Waals surface area contributed by atoms with Crippen molar-refractivity contribution in [2.24, 2.45) is 4.99 Å². The molecule has 1 aromatic carbocycles. The monoisotopic (exact) mass is 378 g/mol. The van der Waals surface area contributed by atoms with Crippen LogP contribution in [0.25, 0.3) is 0 Å². The maximum Gasteiger partial charge on any atom is 0.409 e. The molecule has 1 aromatic rings. The van der Waals surface area contributed by atoms with Crippen LogP contribution in [0.3, 0.4) is 0 Å². The molecule has 0 spiro atoms. The van der Waals surface area contributed by atoms with Crippen molar-refractivity contribution >= 4 is 12.1 Å². The van der Waals surface area contributed by atoms with Crippen LogP contribution in [0, 0.1) is 5.82 Å². The van der Waals surface area contributed by atoms with Crippen LogP contribution >= 0.6 is 0 Å². The molecule has 1 heterocycles. The standard InChI is InChI=1S/C20H31FN4O2/c1-5-27-19(26)25-12-10-15(11-13-25)24-18(22-4)23-14-20(2,3)16-8-6-7-9-17(16)21/h6-9,15H,5,10-14H2,1-4H3,(H2,22,23,24). The summed E-state index contributed by atoms with van der Waals surface area (Å²) in [5.74, 6) is 0.493. The predicted octanol–water partition coefficient (Wildman–Crippen LogP) is 2.89. The lowest BCUT2D eigenvalue weighted by Crippen LogP contribution is -2.51. The number of amides is 1. The molecule has 0 saturated carbocycles. The summed E-state index contributed by atoms with van der Waals surface area (Å²) in [6, 6.07) is 7.09. The number of aliphatic imine (C=N–C) groups is 1. The first-order valence-electron chi connectivity index (χ1n) is 9.51. The molecular weight excluding hydrogens is 347 g/mol. The molecular formula is C20H31FN4O2. The van der Waals surface area contributed by atoms with Gasteiger partial charge >= 0.3 is 6.09 Å². The fourth-order valence-electron chi connectivity index (χ4n) is 3.22. The van der Waals surface area contributed by atoms with Gasteiger partial charge in [-0.25, -0.2) is 9.18 Å². The molecule has 0 aromatic heterocycles. The van der Waals surface area contributed by atoms with E-state index in [1.807, 2.05) is 32.9 Å². The fourth-order valence-corrected chi connectivity index (χ4v) is 3.22. The van der Waals surface area contributed by atoms with Gasteiger partial charge in [-0.1, -0.05) is 32.0 Å². The van der Waals surface area contributed by atoms with Crippen LogP contribution in [0.15, 0.2) is 29.3 Å². The van der Waals surface area contributed by atoms with Crippen molar-refractivity contribution in [2.45, 2.75) is 45.1 Å². The molecule has 1 amide bonds. The summed E-state index contributed by atoms with van der Waals surface area (Å²) in [4.78, 5) is 17.8. The number of hydrogen-bond acceptors (Lipinski definition) is 3. The first-order chi connectivity index (χ1) is 12.9. The molecule has 2 N–H and O–H groups in total. The van der Waals surface area contributed by atoms with Gasteiger partial charge < -0.3 is 20.3 Å². The van der Waals surface area contributed by atoms with E-state index in [0.717, 1.165) is 12.8 Å². The smallest absolute Gasteiger partial charge is 0.409 e. The Bertz CT molecular complexity index is 655. The molecule has 0 aliphatic carbocycles. The Hall–Kier alpha value is -2.31. The van der Waals surface area contributed by atoms with Gasteiger partial charge in [0.25, 0.3) is 0 Å². The maximum atomic E-state index is 14.1. The third kappa shape index (κ3) is 5.84. The van der Waals surface area contributed by atoms with Crippen molar-refractivity contribution in [3.8, 4) is 0 Å². The zero-order chi connectivity index (χ0) is 19.9. The van der Waals surface area contributed by atoms with Gasteiger partial charge in [0, 0.05) is 38.1 Å². The van der Waals surface area contributed by atoms with E-state index in [1.165, 1.54) is 6.07 Å². The molecule has 150 valence electrons. The SMILES string of the molecule is CCOC(=O)N1CCC(NC(=NC)NCC(C)(C)c2ccccc2F)CC1. The highest BCUT2D eigenvalue weighted by Gasteiger charge is 2.26. The molecule has 6 nitrogen and oxygen atoms in total. The van der Waals surface area contributed by atoms with E-state index in [4.69, 9.17) is 4.74 Å². The highest BCUT2D eigenvalue weighted by molar-refractivity contribution is 5.80. The van der Waals surface area contributed by atoms with Crippen LogP contribution in [0.5, 0.6) is 0 Å². The van der Waals surface area contributed by atoms with Gasteiger partial charge in [0.2, 0.25) is 0 Å². The van der Waals surface area contributed by atoms with E-state index >= 15 is 0 Å². The highest BCUT2D eigenvalue weighted by atomic mass is 19.1. The number of rotatable bonds is 5. The Morgan fingerprint density at radius 2 is 2.00 bits per heavy atom. The Morgan fingerprint density at radius 1 is 1.33 bits per heavy atom. The molecule has 7 heteroatoms. The first kappa shape index (κ1) is 21.0. The molecule has 1 saturated heterocycles. The topological polar surface area (TPSA) is 66.0 Å². The summed E-state index contributed by atoms with van der Waals surface area (Å²) in [6.07, 6.45) is 1.41. The molecule has 1 aliphatic heterocycles. The second-order valence-corrected chi connectivity index (χ2v) is 7.39. The van der Waals surface area contributed by atoms with Gasteiger partial charge in [-0.3, -0.25) is 4.99 Å². The first-order valence-corrected chi connectivity index (χ1v) is 9.51. The van der Waals surface area contributed by atoms with E-state index in [2.05, 4.69) is 15.6 Å². The normalized spacial score (nSPS) is 16.2. The number of carbonyl (C=O) groups excluding carboxylic acids is 1. The van der Waals surface area contributed by atoms with Crippen LogP contribution in [0.1, 0.15) is 39.2 Å². The Labute approximate surface area is 161 Å². The van der Waals surface area contributed by atoms with Crippen molar-refractivity contribution in [1.29, 1.82) is 0 Å². The quantitative estimate of drug-likeness (QED) is 0.611. The van der Waals surface area contributed by atoms with Gasteiger partial charge in [0.05, 0.1) is 6.61 Å². The number of hydrogen-bond donors (Lipinski definition) is 2. The summed E-state index contributed by atoms with van der Waals surface area (Å²) in [5, 5.41) is 6.71. The second-order valence-electron chi connectivity index (χ2n) is 7.39. The number of piperidine rings is 1. The average Bonchev–Trinajstić information content (AvgIpc) is 2.66. The predicted molar refractivity (Wildman–Crippen MR) is 106 cm³/mol. The lowest BCUT2D eigenvalue weighted by molar-refractivity contribution is 0.0963. The van der Waals surface area contributed by atoms with E-state index < -0.39 is 0 Å². The van der Waals surface area contributed by atoms with Gasteiger partial charge in [-0.05, 0) is 31.4 Å². The third-order valence-electron chi connectivity index (χ3n) is 4.89. The van der Waals surface area contributed by atoms with Gasteiger partial charge in [-0.2, -0.15) is 0 Å². The van der Waals surface area contributed by atoms with Gasteiger partial charge in [0.1, 0.15) is 5.82 Å². The minimum atomic E-state index is -0.379. The molecule has 0 bridgehead atoms. The maximum absolute atomic E-state index is 14.1. The van der Waals surface area contributed by atoms with Crippen LogP contribution < -0.4 is 10.6 Å². The van der Waals surface area contributed by atoms with Crippen molar-refractivity contribution < 1.29 is 13.9 Å². The molecule has 1 fully saturated rings. The Balaban J connectivity index is 1.85. The number of halogens is 1. The number of ether oxygens (including phenoxy) is 1. The summed E-state index contributed by atoms with van der Waals surface area (Å²) in [7, 11) is 1.72. The van der Waals surface area contributed by atoms with Crippen molar-refractivity contribution in [1.82, 2.24) is 15.5 Å². The molecule has 1 aliphatic rings. The summed E-state index contributed by atoms with van der Waals surface area (Å²) in [6.45, 7) is 8.08.